The molecule has 3 aromatic rings. The van der Waals surface area contributed by atoms with Crippen LogP contribution in [0.4, 0.5) is 0 Å². The number of hydrogen-bond acceptors (Lipinski definition) is 4. The number of likely N-dealkylation sites (tertiary alicyclic amines) is 1. The number of benzene rings is 2. The number of para-hydroxylation sites is 1. The molecule has 1 aromatic heterocycles. The van der Waals surface area contributed by atoms with E-state index in [4.69, 9.17) is 9.84 Å². The molecule has 1 fully saturated rings. The number of fused-ring (bicyclic) bond motifs is 3. The van der Waals surface area contributed by atoms with Crippen molar-refractivity contribution in [3.63, 3.8) is 0 Å². The summed E-state index contributed by atoms with van der Waals surface area (Å²) in [6.45, 7) is 5.74. The fourth-order valence-corrected chi connectivity index (χ4v) is 4.82. The van der Waals surface area contributed by atoms with Crippen LogP contribution in [0.5, 0.6) is 5.75 Å². The van der Waals surface area contributed by atoms with Crippen LogP contribution in [0.1, 0.15) is 42.2 Å². The number of nitrogens with zero attached hydrogens (tertiary/aromatic N) is 4. The minimum atomic E-state index is -0.0293. The Kier molecular flexibility index (Phi) is 5.70. The highest BCUT2D eigenvalue weighted by Crippen LogP contribution is 2.26. The van der Waals surface area contributed by atoms with Crippen molar-refractivity contribution in [2.45, 2.75) is 38.8 Å². The van der Waals surface area contributed by atoms with Crippen molar-refractivity contribution >= 4 is 22.5 Å². The van der Waals surface area contributed by atoms with Gasteiger partial charge in [0.05, 0.1) is 19.4 Å². The normalized spacial score (nSPS) is 17.9. The number of hydrazone groups is 1. The Bertz CT molecular complexity index is 1140. The summed E-state index contributed by atoms with van der Waals surface area (Å²) in [4.78, 5) is 16.1. The van der Waals surface area contributed by atoms with Crippen molar-refractivity contribution in [3.8, 4) is 5.75 Å². The van der Waals surface area contributed by atoms with Gasteiger partial charge in [-0.15, -0.1) is 0 Å². The van der Waals surface area contributed by atoms with Crippen molar-refractivity contribution in [1.29, 1.82) is 0 Å². The molecular formula is C26H30N4O2. The van der Waals surface area contributed by atoms with Crippen LogP contribution in [-0.4, -0.2) is 58.9 Å². The topological polar surface area (TPSA) is 50.1 Å². The molecule has 0 bridgehead atoms. The molecule has 0 radical (unpaired) electrons. The highest BCUT2D eigenvalue weighted by molar-refractivity contribution is 6.06. The molecule has 2 aliphatic heterocycles. The van der Waals surface area contributed by atoms with E-state index in [2.05, 4.69) is 28.5 Å². The van der Waals surface area contributed by atoms with E-state index < -0.39 is 0 Å². The third-order valence-corrected chi connectivity index (χ3v) is 6.76. The molecule has 2 aliphatic rings. The van der Waals surface area contributed by atoms with Crippen LogP contribution in [0.3, 0.4) is 0 Å². The Hall–Kier alpha value is -3.12. The number of hydrogen-bond donors (Lipinski definition) is 0. The summed E-state index contributed by atoms with van der Waals surface area (Å²) in [7, 11) is 1.67. The maximum Gasteiger partial charge on any atom is 0.290 e. The molecule has 2 aromatic carbocycles. The van der Waals surface area contributed by atoms with Crippen molar-refractivity contribution in [2.75, 3.05) is 26.7 Å². The molecule has 0 N–H and O–H groups in total. The standard InChI is InChI=1S/C26H30N4O2/c1-19(28-14-5-6-15-28)13-16-30-26(31)25-17-21-7-3-4-8-24(21)29(25)18-23(27-30)20-9-11-22(32-2)12-10-20/h3-4,7-12,17,19H,5-6,13-16,18H2,1-2H3. The summed E-state index contributed by atoms with van der Waals surface area (Å²) in [6.07, 6.45) is 3.45. The zero-order chi connectivity index (χ0) is 22.1. The van der Waals surface area contributed by atoms with Crippen LogP contribution in [0.25, 0.3) is 10.9 Å². The maximum atomic E-state index is 13.6. The maximum absolute atomic E-state index is 13.6. The minimum Gasteiger partial charge on any atom is -0.497 e. The lowest BCUT2D eigenvalue weighted by Crippen LogP contribution is -2.35. The van der Waals surface area contributed by atoms with E-state index in [1.54, 1.807) is 12.1 Å². The molecule has 0 spiro atoms. The Balaban J connectivity index is 1.50. The van der Waals surface area contributed by atoms with Gasteiger partial charge in [0.15, 0.2) is 0 Å². The molecule has 5 rings (SSSR count). The third kappa shape index (κ3) is 3.91. The average molecular weight is 431 g/mol. The second-order valence-corrected chi connectivity index (χ2v) is 8.76. The predicted molar refractivity (Wildman–Crippen MR) is 127 cm³/mol. The van der Waals surface area contributed by atoms with Crippen LogP contribution in [-0.2, 0) is 6.54 Å². The Labute approximate surface area is 189 Å². The third-order valence-electron chi connectivity index (χ3n) is 6.76. The Morgan fingerprint density at radius 2 is 1.81 bits per heavy atom. The fraction of sp³-hybridized carbons (Fsp3) is 0.385. The number of methoxy groups -OCH3 is 1. The highest BCUT2D eigenvalue weighted by Gasteiger charge is 2.27. The number of ether oxygens (including phenoxy) is 1. The summed E-state index contributed by atoms with van der Waals surface area (Å²) in [5, 5.41) is 7.66. The molecule has 0 aliphatic carbocycles. The molecule has 32 heavy (non-hydrogen) atoms. The van der Waals surface area contributed by atoms with E-state index in [0.717, 1.165) is 47.4 Å². The summed E-state index contributed by atoms with van der Waals surface area (Å²) < 4.78 is 7.42. The monoisotopic (exact) mass is 430 g/mol. The van der Waals surface area contributed by atoms with Gasteiger partial charge in [0.2, 0.25) is 0 Å². The van der Waals surface area contributed by atoms with Crippen molar-refractivity contribution < 1.29 is 9.53 Å². The van der Waals surface area contributed by atoms with Crippen molar-refractivity contribution in [3.05, 3.63) is 65.9 Å². The van der Waals surface area contributed by atoms with Crippen LogP contribution in [0.15, 0.2) is 59.7 Å². The molecule has 3 heterocycles. The second-order valence-electron chi connectivity index (χ2n) is 8.76. The first-order chi connectivity index (χ1) is 15.6. The molecule has 1 atom stereocenters. The quantitative estimate of drug-likeness (QED) is 0.583. The second kappa shape index (κ2) is 8.79. The number of aromatic nitrogens is 1. The molecule has 1 unspecified atom stereocenters. The summed E-state index contributed by atoms with van der Waals surface area (Å²) in [5.74, 6) is 0.778. The lowest BCUT2D eigenvalue weighted by Gasteiger charge is -2.25. The van der Waals surface area contributed by atoms with Gasteiger partial charge >= 0.3 is 0 Å². The zero-order valence-electron chi connectivity index (χ0n) is 18.8. The minimum absolute atomic E-state index is 0.0293. The first kappa shape index (κ1) is 20.8. The molecule has 1 amide bonds. The smallest absolute Gasteiger partial charge is 0.290 e. The number of rotatable bonds is 6. The number of carbonyl (C=O) groups excluding carboxylic acids is 1. The van der Waals surface area contributed by atoms with E-state index in [9.17, 15) is 4.79 Å². The van der Waals surface area contributed by atoms with Crippen molar-refractivity contribution in [2.24, 2.45) is 5.10 Å². The molecule has 6 nitrogen and oxygen atoms in total. The Morgan fingerprint density at radius 3 is 2.56 bits per heavy atom. The highest BCUT2D eigenvalue weighted by atomic mass is 16.5. The predicted octanol–water partition coefficient (Wildman–Crippen LogP) is 4.38. The van der Waals surface area contributed by atoms with Gasteiger partial charge in [-0.1, -0.05) is 18.2 Å². The molecule has 6 heteroatoms. The molecular weight excluding hydrogens is 400 g/mol. The Morgan fingerprint density at radius 1 is 1.06 bits per heavy atom. The fourth-order valence-electron chi connectivity index (χ4n) is 4.82. The SMILES string of the molecule is COc1ccc(C2=NN(CCC(C)N3CCCC3)C(=O)c3cc4ccccc4n3C2)cc1. The van der Waals surface area contributed by atoms with Gasteiger partial charge in [-0.25, -0.2) is 5.01 Å². The summed E-state index contributed by atoms with van der Waals surface area (Å²) >= 11 is 0. The van der Waals surface area contributed by atoms with Gasteiger partial charge in [-0.2, -0.15) is 5.10 Å². The van der Waals surface area contributed by atoms with Crippen LogP contribution in [0, 0.1) is 0 Å². The molecule has 166 valence electrons. The van der Waals surface area contributed by atoms with Gasteiger partial charge in [-0.3, -0.25) is 4.79 Å². The average Bonchev–Trinajstić information content (AvgIpc) is 3.46. The van der Waals surface area contributed by atoms with E-state index in [1.165, 1.54) is 12.8 Å². The number of carbonyl (C=O) groups is 1. The van der Waals surface area contributed by atoms with Crippen molar-refractivity contribution in [1.82, 2.24) is 14.5 Å². The first-order valence-corrected chi connectivity index (χ1v) is 11.5. The van der Waals surface area contributed by atoms with E-state index in [0.29, 0.717) is 24.8 Å². The largest absolute Gasteiger partial charge is 0.497 e. The number of amides is 1. The summed E-state index contributed by atoms with van der Waals surface area (Å²) in [6, 6.07) is 18.5. The van der Waals surface area contributed by atoms with Gasteiger partial charge < -0.3 is 14.2 Å². The van der Waals surface area contributed by atoms with E-state index >= 15 is 0 Å². The molecule has 1 saturated heterocycles. The molecule has 0 saturated carbocycles. The first-order valence-electron chi connectivity index (χ1n) is 11.5. The lowest BCUT2D eigenvalue weighted by molar-refractivity contribution is 0.0740. The van der Waals surface area contributed by atoms with E-state index in [1.807, 2.05) is 42.5 Å². The summed E-state index contributed by atoms with van der Waals surface area (Å²) in [5.41, 5.74) is 3.65. The van der Waals surface area contributed by atoms with Gasteiger partial charge in [-0.05, 0) is 81.2 Å². The van der Waals surface area contributed by atoms with Crippen LogP contribution >= 0.6 is 0 Å². The zero-order valence-corrected chi connectivity index (χ0v) is 18.8. The lowest BCUT2D eigenvalue weighted by atomic mass is 10.1. The van der Waals surface area contributed by atoms with Crippen LogP contribution in [0.2, 0.25) is 0 Å². The van der Waals surface area contributed by atoms with Gasteiger partial charge in [0.1, 0.15) is 11.4 Å². The van der Waals surface area contributed by atoms with Gasteiger partial charge in [0, 0.05) is 23.5 Å². The van der Waals surface area contributed by atoms with Crippen LogP contribution < -0.4 is 4.74 Å². The van der Waals surface area contributed by atoms with Gasteiger partial charge in [0.25, 0.3) is 5.91 Å². The van der Waals surface area contributed by atoms with E-state index in [-0.39, 0.29) is 5.91 Å².